The van der Waals surface area contributed by atoms with Gasteiger partial charge in [0.25, 0.3) is 0 Å². The van der Waals surface area contributed by atoms with Gasteiger partial charge >= 0.3 is 6.18 Å². The van der Waals surface area contributed by atoms with E-state index in [1.54, 1.807) is 5.38 Å². The van der Waals surface area contributed by atoms with Crippen molar-refractivity contribution in [3.63, 3.8) is 0 Å². The minimum absolute atomic E-state index is 0.0474. The van der Waals surface area contributed by atoms with Crippen molar-refractivity contribution in [1.29, 1.82) is 0 Å². The lowest BCUT2D eigenvalue weighted by molar-refractivity contribution is -0.140. The van der Waals surface area contributed by atoms with Crippen molar-refractivity contribution in [3.05, 3.63) is 75.4 Å². The third-order valence-electron chi connectivity index (χ3n) is 3.40. The Bertz CT molecular complexity index is 895. The van der Waals surface area contributed by atoms with Crippen LogP contribution in [0.15, 0.2) is 41.8 Å². The molecule has 0 aliphatic heterocycles. The van der Waals surface area contributed by atoms with Crippen LogP contribution in [0.1, 0.15) is 16.1 Å². The van der Waals surface area contributed by atoms with Crippen molar-refractivity contribution < 1.29 is 26.3 Å². The standard InChI is InChI=1S/C17H9F6NS/c18-11-5-10(6-12(19)7-11)15-8-25-16(24-15)4-9-1-2-14(20)13(3-9)17(21,22)23/h1-3,5-8H,4H2. The highest BCUT2D eigenvalue weighted by molar-refractivity contribution is 7.10. The molecule has 3 rings (SSSR count). The van der Waals surface area contributed by atoms with Crippen LogP contribution in [0.2, 0.25) is 0 Å². The molecule has 0 unspecified atom stereocenters. The molecule has 0 N–H and O–H groups in total. The van der Waals surface area contributed by atoms with Crippen molar-refractivity contribution in [2.24, 2.45) is 0 Å². The van der Waals surface area contributed by atoms with Crippen LogP contribution in [0, 0.1) is 17.5 Å². The Morgan fingerprint density at radius 3 is 2.24 bits per heavy atom. The van der Waals surface area contributed by atoms with Gasteiger partial charge in [-0.15, -0.1) is 11.3 Å². The van der Waals surface area contributed by atoms with E-state index in [-0.39, 0.29) is 17.5 Å². The van der Waals surface area contributed by atoms with E-state index in [4.69, 9.17) is 0 Å². The highest BCUT2D eigenvalue weighted by atomic mass is 32.1. The Balaban J connectivity index is 1.87. The fourth-order valence-electron chi connectivity index (χ4n) is 2.30. The molecule has 2 aromatic carbocycles. The molecule has 0 aliphatic carbocycles. The Morgan fingerprint density at radius 1 is 0.920 bits per heavy atom. The van der Waals surface area contributed by atoms with E-state index < -0.39 is 29.2 Å². The molecule has 0 bridgehead atoms. The van der Waals surface area contributed by atoms with Crippen LogP contribution in [0.25, 0.3) is 11.3 Å². The average molecular weight is 373 g/mol. The number of benzene rings is 2. The van der Waals surface area contributed by atoms with E-state index in [9.17, 15) is 26.3 Å². The number of halogens is 6. The topological polar surface area (TPSA) is 12.9 Å². The fourth-order valence-corrected chi connectivity index (χ4v) is 3.14. The Morgan fingerprint density at radius 2 is 1.60 bits per heavy atom. The summed E-state index contributed by atoms with van der Waals surface area (Å²) in [5, 5.41) is 2.00. The number of nitrogens with zero attached hydrogens (tertiary/aromatic N) is 1. The molecule has 0 amide bonds. The summed E-state index contributed by atoms with van der Waals surface area (Å²) >= 11 is 1.14. The van der Waals surface area contributed by atoms with Crippen LogP contribution in [0.4, 0.5) is 26.3 Å². The maximum atomic E-state index is 13.3. The summed E-state index contributed by atoms with van der Waals surface area (Å²) in [6.07, 6.45) is -4.74. The second-order valence-electron chi connectivity index (χ2n) is 5.27. The largest absolute Gasteiger partial charge is 0.419 e. The van der Waals surface area contributed by atoms with E-state index in [0.717, 1.165) is 41.7 Å². The smallest absolute Gasteiger partial charge is 0.241 e. The molecule has 8 heteroatoms. The van der Waals surface area contributed by atoms with Crippen LogP contribution in [0.5, 0.6) is 0 Å². The molecular formula is C17H9F6NS. The SMILES string of the molecule is Fc1cc(F)cc(-c2csc(Cc3ccc(F)c(C(F)(F)F)c3)n2)c1. The van der Waals surface area contributed by atoms with Crippen molar-refractivity contribution in [3.8, 4) is 11.3 Å². The zero-order valence-corrected chi connectivity index (χ0v) is 13.2. The van der Waals surface area contributed by atoms with Crippen LogP contribution in [-0.2, 0) is 12.6 Å². The van der Waals surface area contributed by atoms with Gasteiger partial charge in [-0.2, -0.15) is 13.2 Å². The lowest BCUT2D eigenvalue weighted by atomic mass is 10.1. The first kappa shape index (κ1) is 17.5. The van der Waals surface area contributed by atoms with E-state index >= 15 is 0 Å². The molecule has 1 aromatic heterocycles. The van der Waals surface area contributed by atoms with Crippen LogP contribution in [-0.4, -0.2) is 4.98 Å². The summed E-state index contributed by atoms with van der Waals surface area (Å²) in [7, 11) is 0. The molecule has 130 valence electrons. The first-order valence-electron chi connectivity index (χ1n) is 6.99. The molecule has 25 heavy (non-hydrogen) atoms. The van der Waals surface area contributed by atoms with Gasteiger partial charge in [0.05, 0.1) is 16.3 Å². The Labute approximate surface area is 142 Å². The minimum Gasteiger partial charge on any atom is -0.241 e. The van der Waals surface area contributed by atoms with Crippen molar-refractivity contribution in [2.75, 3.05) is 0 Å². The van der Waals surface area contributed by atoms with Gasteiger partial charge in [0.15, 0.2) is 0 Å². The maximum Gasteiger partial charge on any atom is 0.419 e. The first-order valence-corrected chi connectivity index (χ1v) is 7.87. The van der Waals surface area contributed by atoms with Crippen LogP contribution >= 0.6 is 11.3 Å². The van der Waals surface area contributed by atoms with Crippen molar-refractivity contribution in [2.45, 2.75) is 12.6 Å². The zero-order valence-electron chi connectivity index (χ0n) is 12.4. The van der Waals surface area contributed by atoms with E-state index in [1.165, 1.54) is 6.07 Å². The highest BCUT2D eigenvalue weighted by Gasteiger charge is 2.34. The van der Waals surface area contributed by atoms with Crippen molar-refractivity contribution in [1.82, 2.24) is 4.98 Å². The molecular weight excluding hydrogens is 364 g/mol. The molecule has 0 radical (unpaired) electrons. The quantitative estimate of drug-likeness (QED) is 0.526. The van der Waals surface area contributed by atoms with Gasteiger partial charge in [-0.3, -0.25) is 0 Å². The second-order valence-corrected chi connectivity index (χ2v) is 6.22. The average Bonchev–Trinajstić information content (AvgIpc) is 2.96. The highest BCUT2D eigenvalue weighted by Crippen LogP contribution is 2.33. The van der Waals surface area contributed by atoms with Gasteiger partial charge in [0, 0.05) is 23.4 Å². The zero-order chi connectivity index (χ0) is 18.2. The molecule has 1 nitrogen and oxygen atoms in total. The molecule has 0 fully saturated rings. The first-order chi connectivity index (χ1) is 11.7. The lowest BCUT2D eigenvalue weighted by Crippen LogP contribution is -2.08. The Kier molecular flexibility index (Phi) is 4.55. The van der Waals surface area contributed by atoms with Gasteiger partial charge in [0.1, 0.15) is 17.5 Å². The molecule has 0 aliphatic rings. The molecule has 0 saturated heterocycles. The van der Waals surface area contributed by atoms with Gasteiger partial charge in [-0.05, 0) is 29.8 Å². The number of hydrogen-bond donors (Lipinski definition) is 0. The summed E-state index contributed by atoms with van der Waals surface area (Å²) < 4.78 is 78.0. The molecule has 0 spiro atoms. The number of hydrogen-bond acceptors (Lipinski definition) is 2. The van der Waals surface area contributed by atoms with Crippen LogP contribution in [0.3, 0.4) is 0 Å². The second kappa shape index (κ2) is 6.51. The number of rotatable bonds is 3. The molecule has 0 saturated carbocycles. The predicted molar refractivity (Wildman–Crippen MR) is 81.7 cm³/mol. The van der Waals surface area contributed by atoms with E-state index in [1.807, 2.05) is 0 Å². The van der Waals surface area contributed by atoms with E-state index in [0.29, 0.717) is 10.7 Å². The number of aromatic nitrogens is 1. The third kappa shape index (κ3) is 4.01. The normalized spacial score (nSPS) is 11.8. The van der Waals surface area contributed by atoms with Crippen molar-refractivity contribution >= 4 is 11.3 Å². The third-order valence-corrected chi connectivity index (χ3v) is 4.25. The van der Waals surface area contributed by atoms with Gasteiger partial charge in [-0.25, -0.2) is 18.2 Å². The summed E-state index contributed by atoms with van der Waals surface area (Å²) in [5.74, 6) is -2.85. The Hall–Kier alpha value is -2.35. The number of alkyl halides is 3. The summed E-state index contributed by atoms with van der Waals surface area (Å²) in [5.41, 5.74) is -0.555. The summed E-state index contributed by atoms with van der Waals surface area (Å²) in [6.45, 7) is 0. The van der Waals surface area contributed by atoms with Gasteiger partial charge in [-0.1, -0.05) is 6.07 Å². The summed E-state index contributed by atoms with van der Waals surface area (Å²) in [4.78, 5) is 4.18. The summed E-state index contributed by atoms with van der Waals surface area (Å²) in [6, 6.07) is 5.69. The van der Waals surface area contributed by atoms with E-state index in [2.05, 4.69) is 4.98 Å². The number of thiazole rings is 1. The van der Waals surface area contributed by atoms with Gasteiger partial charge < -0.3 is 0 Å². The molecule has 3 aromatic rings. The monoisotopic (exact) mass is 373 g/mol. The minimum atomic E-state index is -4.78. The fraction of sp³-hybridized carbons (Fsp3) is 0.118. The van der Waals surface area contributed by atoms with Crippen LogP contribution < -0.4 is 0 Å². The maximum absolute atomic E-state index is 13.3. The van der Waals surface area contributed by atoms with Gasteiger partial charge in [0.2, 0.25) is 0 Å². The lowest BCUT2D eigenvalue weighted by Gasteiger charge is -2.09. The predicted octanol–water partition coefficient (Wildman–Crippen LogP) is 5.84. The molecule has 1 heterocycles. The molecule has 0 atom stereocenters.